The Kier molecular flexibility index (Phi) is 21.9. The van der Waals surface area contributed by atoms with Crippen LogP contribution in [0.1, 0.15) is 0 Å². The molecule has 0 N–H and O–H groups in total. The van der Waals surface area contributed by atoms with E-state index in [9.17, 15) is 0 Å². The van der Waals surface area contributed by atoms with Crippen molar-refractivity contribution >= 4 is 183 Å². The van der Waals surface area contributed by atoms with Crippen LogP contribution in [-0.2, 0) is 0 Å². The third-order valence-corrected chi connectivity index (χ3v) is 744. The summed E-state index contributed by atoms with van der Waals surface area (Å²) in [6.45, 7) is 0. The molecule has 0 rings (SSSR count). The van der Waals surface area contributed by atoms with Crippen molar-refractivity contribution in [3.8, 4) is 0 Å². The Morgan fingerprint density at radius 3 is 1.62 bits per heavy atom. The average molecular weight is 1650 g/mol. The van der Waals surface area contributed by atoms with E-state index in [-0.39, 0.29) is 0 Å². The van der Waals surface area contributed by atoms with Gasteiger partial charge in [-0.05, 0) is 0 Å². The SMILES string of the molecule is [2H]I(I)I(I)I(I)I(I)I(I)I(I)I. The predicted octanol–water partition coefficient (Wildman–Crippen LogP) is 11.2. The second-order valence-corrected chi connectivity index (χ2v) is 261. The number of rotatable bonds is 5. The van der Waals surface area contributed by atoms with Crippen LogP contribution >= 0.6 is 183 Å². The van der Waals surface area contributed by atoms with Gasteiger partial charge in [-0.25, -0.2) is 0 Å². The molecule has 0 aromatic carbocycles. The van der Waals surface area contributed by atoms with E-state index >= 15 is 0 Å². The molecule has 0 unspecified atom stereocenters. The summed E-state index contributed by atoms with van der Waals surface area (Å²) in [5, 5.41) is 0. The summed E-state index contributed by atoms with van der Waals surface area (Å²) in [7, 11) is -2.51. The van der Waals surface area contributed by atoms with Crippen LogP contribution in [0.25, 0.3) is 0 Å². The van der Waals surface area contributed by atoms with Crippen molar-refractivity contribution in [2.24, 2.45) is 0 Å². The fourth-order valence-electron chi connectivity index (χ4n) is 0.108. The van der Waals surface area contributed by atoms with E-state index in [2.05, 4.69) is 130 Å². The van der Waals surface area contributed by atoms with Crippen LogP contribution in [0.3, 0.4) is 0 Å². The van der Waals surface area contributed by atoms with Gasteiger partial charge in [0, 0.05) is 0 Å². The van der Waals surface area contributed by atoms with Crippen molar-refractivity contribution < 1.29 is 0 Å². The number of hydrogen-bond donors (Lipinski definition) is 0. The summed E-state index contributed by atoms with van der Waals surface area (Å²) in [5.74, 6) is 0. The first-order chi connectivity index (χ1) is 6.29. The number of halogens is 13. The molecule has 0 heterocycles. The first-order valence-corrected chi connectivity index (χ1v) is 77.1. The molecule has 0 aliphatic carbocycles. The van der Waals surface area contributed by atoms with Gasteiger partial charge in [0.15, 0.2) is 0 Å². The van der Waals surface area contributed by atoms with E-state index in [1.165, 1.54) is 0 Å². The summed E-state index contributed by atoms with van der Waals surface area (Å²) in [6, 6.07) is 0. The van der Waals surface area contributed by atoms with Crippen molar-refractivity contribution in [2.45, 2.75) is 0 Å². The maximum atomic E-state index is 8.04. The van der Waals surface area contributed by atoms with Gasteiger partial charge >= 0.3 is 183 Å². The van der Waals surface area contributed by atoms with Crippen LogP contribution in [0.5, 0.6) is 0 Å². The van der Waals surface area contributed by atoms with E-state index in [0.717, 1.165) is 0 Å². The zero-order valence-corrected chi connectivity index (χ0v) is 33.0. The Morgan fingerprint density at radius 1 is 0.846 bits per heavy atom. The molecule has 0 amide bonds. The maximum absolute atomic E-state index is 8.04. The molecule has 13 heavy (non-hydrogen) atoms. The molecular weight excluding hydrogens is 1650 g/mol. The van der Waals surface area contributed by atoms with Crippen LogP contribution in [0, 0.1) is 0 Å². The third-order valence-electron chi connectivity index (χ3n) is 0.367. The fraction of sp³-hybridized carbons (Fsp3) is 0. The molecule has 0 aliphatic rings. The molecule has 0 fully saturated rings. The minimum absolute atomic E-state index is 0.421. The van der Waals surface area contributed by atoms with Crippen molar-refractivity contribution in [1.29, 1.82) is 0.594 Å². The monoisotopic (exact) mass is 1650 g/mol. The van der Waals surface area contributed by atoms with Gasteiger partial charge in [-0.1, -0.05) is 0 Å². The zero-order valence-electron chi connectivity index (χ0n) is 5.91. The Hall–Kier alpha value is 9.49. The molecule has 0 saturated heterocycles. The second kappa shape index (κ2) is 13.9. The van der Waals surface area contributed by atoms with E-state index in [0.29, 0.717) is 0 Å². The van der Waals surface area contributed by atoms with Gasteiger partial charge in [0.1, 0.15) is 0 Å². The van der Waals surface area contributed by atoms with Crippen LogP contribution in [-0.4, -0.2) is 0.594 Å². The normalized spacial score (nSPS) is 18.5. The van der Waals surface area contributed by atoms with Crippen molar-refractivity contribution in [1.82, 2.24) is 0 Å². The first-order valence-electron chi connectivity index (χ1n) is 2.09. The van der Waals surface area contributed by atoms with Crippen LogP contribution in [0.2, 0.25) is 0 Å². The third kappa shape index (κ3) is 10.8. The van der Waals surface area contributed by atoms with Gasteiger partial charge in [-0.2, -0.15) is 0 Å². The molecule has 92 valence electrons. The van der Waals surface area contributed by atoms with Crippen molar-refractivity contribution in [2.75, 3.05) is 0 Å². The molecular formula is HI13. The summed E-state index contributed by atoms with van der Waals surface area (Å²) in [4.78, 5) is 0. The van der Waals surface area contributed by atoms with Crippen LogP contribution in [0.4, 0.5) is 0 Å². The van der Waals surface area contributed by atoms with Gasteiger partial charge in [-0.15, -0.1) is 0 Å². The van der Waals surface area contributed by atoms with Crippen molar-refractivity contribution in [3.05, 3.63) is 0 Å². The molecule has 0 aliphatic heterocycles. The average Bonchev–Trinajstić information content (AvgIpc) is 2.12. The molecule has 0 aromatic rings. The molecule has 13 heteroatoms. The molecule has 0 bridgehead atoms. The standard InChI is InChI=1S/HI13/c1-8-10(4)12(6)13(7)11(5)9(2)3/h8H/i8D. The minimum atomic E-state index is -1.12. The van der Waals surface area contributed by atoms with Crippen LogP contribution < -0.4 is 0 Å². The van der Waals surface area contributed by atoms with Crippen LogP contribution in [0.15, 0.2) is 0 Å². The van der Waals surface area contributed by atoms with Gasteiger partial charge in [-0.3, -0.25) is 0 Å². The molecule has 0 atom stereocenters. The summed E-state index contributed by atoms with van der Waals surface area (Å²) >= 11 is 18.6. The summed E-state index contributed by atoms with van der Waals surface area (Å²) < 4.78 is 8.04. The Bertz CT molecular complexity index is 133. The van der Waals surface area contributed by atoms with Gasteiger partial charge < -0.3 is 0 Å². The fourth-order valence-corrected chi connectivity index (χ4v) is 1470. The molecule has 0 aromatic heterocycles. The Balaban J connectivity index is 4.30. The Labute approximate surface area is 174 Å². The predicted molar refractivity (Wildman–Crippen MR) is 184 cm³/mol. The molecule has 0 nitrogen and oxygen atoms in total. The topological polar surface area (TPSA) is 0 Å². The summed E-state index contributed by atoms with van der Waals surface area (Å²) in [6.07, 6.45) is 0. The van der Waals surface area contributed by atoms with E-state index in [1.807, 2.05) is 0 Å². The molecule has 0 spiro atoms. The zero-order chi connectivity index (χ0) is 11.5. The van der Waals surface area contributed by atoms with Crippen molar-refractivity contribution in [3.63, 3.8) is 0 Å². The molecule has 0 radical (unpaired) electrons. The van der Waals surface area contributed by atoms with Gasteiger partial charge in [0.05, 0.1) is 0 Å². The first kappa shape index (κ1) is 20.5. The van der Waals surface area contributed by atoms with E-state index in [4.69, 9.17) is 0.594 Å². The quantitative estimate of drug-likeness (QED) is 0.241. The second-order valence-electron chi connectivity index (χ2n) is 0.864. The van der Waals surface area contributed by atoms with Gasteiger partial charge in [0.25, 0.3) is 0 Å². The van der Waals surface area contributed by atoms with Gasteiger partial charge in [0.2, 0.25) is 0 Å². The molecule has 0 saturated carbocycles. The van der Waals surface area contributed by atoms with E-state index < -0.39 is 52.5 Å². The van der Waals surface area contributed by atoms with E-state index in [1.54, 1.807) is 0 Å². The summed E-state index contributed by atoms with van der Waals surface area (Å²) in [5.41, 5.74) is 0. The number of hydrogen-bond acceptors (Lipinski definition) is 0. The Morgan fingerprint density at radius 2 is 1.31 bits per heavy atom.